The van der Waals surface area contributed by atoms with Crippen molar-refractivity contribution in [3.8, 4) is 0 Å². The molecule has 0 saturated carbocycles. The van der Waals surface area contributed by atoms with Gasteiger partial charge in [0.1, 0.15) is 11.9 Å². The van der Waals surface area contributed by atoms with Gasteiger partial charge >= 0.3 is 11.9 Å². The first-order chi connectivity index (χ1) is 13.3. The fraction of sp³-hybridized carbons (Fsp3) is 0.389. The number of aliphatic carboxylic acids is 1. The molecule has 0 aliphatic carbocycles. The maximum absolute atomic E-state index is 12.2. The molecule has 28 heavy (non-hydrogen) atoms. The van der Waals surface area contributed by atoms with Crippen LogP contribution in [0.2, 0.25) is 0 Å². The van der Waals surface area contributed by atoms with E-state index in [1.54, 1.807) is 24.3 Å². The van der Waals surface area contributed by atoms with E-state index in [9.17, 15) is 14.4 Å². The molecule has 2 unspecified atom stereocenters. The molecule has 1 aromatic rings. The number of nitrogens with zero attached hydrogens (tertiary/aromatic N) is 1. The molecule has 0 saturated heterocycles. The third-order valence-corrected chi connectivity index (χ3v) is 4.10. The first-order valence-electron chi connectivity index (χ1n) is 8.54. The third-order valence-electron chi connectivity index (χ3n) is 4.10. The minimum atomic E-state index is -1.13. The van der Waals surface area contributed by atoms with Gasteiger partial charge in [-0.2, -0.15) is 0 Å². The number of nitrogens with one attached hydrogen (secondary N) is 2. The van der Waals surface area contributed by atoms with E-state index in [-0.39, 0.29) is 18.7 Å². The van der Waals surface area contributed by atoms with Crippen molar-refractivity contribution in [3.05, 3.63) is 35.4 Å². The molecule has 1 aliphatic rings. The van der Waals surface area contributed by atoms with Crippen LogP contribution in [0.25, 0.3) is 0 Å². The molecule has 0 bridgehead atoms. The van der Waals surface area contributed by atoms with Crippen molar-refractivity contribution in [1.29, 1.82) is 5.41 Å². The summed E-state index contributed by atoms with van der Waals surface area (Å²) < 4.78 is 4.52. The Labute approximate surface area is 161 Å². The Kier molecular flexibility index (Phi) is 7.08. The summed E-state index contributed by atoms with van der Waals surface area (Å²) in [6.45, 7) is 0. The lowest BCUT2D eigenvalue weighted by atomic mass is 10.0. The van der Waals surface area contributed by atoms with Gasteiger partial charge in [0.2, 0.25) is 5.91 Å². The van der Waals surface area contributed by atoms with Crippen LogP contribution in [0.3, 0.4) is 0 Å². The molecule has 2 rings (SSSR count). The minimum Gasteiger partial charge on any atom is -0.481 e. The van der Waals surface area contributed by atoms with Crippen molar-refractivity contribution in [2.75, 3.05) is 7.11 Å². The van der Waals surface area contributed by atoms with E-state index in [4.69, 9.17) is 21.1 Å². The zero-order chi connectivity index (χ0) is 20.7. The monoisotopic (exact) mass is 390 g/mol. The van der Waals surface area contributed by atoms with Crippen molar-refractivity contribution >= 4 is 29.4 Å². The molecule has 0 spiro atoms. The molecule has 1 amide bonds. The quantitative estimate of drug-likeness (QED) is 0.269. The van der Waals surface area contributed by atoms with E-state index < -0.39 is 36.4 Å². The summed E-state index contributed by atoms with van der Waals surface area (Å²) in [4.78, 5) is 39.8. The van der Waals surface area contributed by atoms with Crippen LogP contribution >= 0.6 is 0 Å². The second-order valence-electron chi connectivity index (χ2n) is 6.31. The largest absolute Gasteiger partial charge is 0.481 e. The molecule has 10 nitrogen and oxygen atoms in total. The van der Waals surface area contributed by atoms with E-state index >= 15 is 0 Å². The fourth-order valence-electron chi connectivity index (χ4n) is 2.71. The molecule has 1 heterocycles. The number of ether oxygens (including phenoxy) is 1. The highest BCUT2D eigenvalue weighted by Crippen LogP contribution is 2.19. The van der Waals surface area contributed by atoms with Crippen LogP contribution in [-0.2, 0) is 24.0 Å². The lowest BCUT2D eigenvalue weighted by Gasteiger charge is -2.16. The number of hydrogen-bond donors (Lipinski definition) is 4. The van der Waals surface area contributed by atoms with Crippen LogP contribution in [0.5, 0.6) is 0 Å². The van der Waals surface area contributed by atoms with Gasteiger partial charge in [0, 0.05) is 18.0 Å². The van der Waals surface area contributed by atoms with Gasteiger partial charge in [-0.3, -0.25) is 19.8 Å². The topological polar surface area (TPSA) is 164 Å². The fourth-order valence-corrected chi connectivity index (χ4v) is 2.71. The van der Waals surface area contributed by atoms with Crippen molar-refractivity contribution in [2.24, 2.45) is 10.9 Å². The molecule has 1 aromatic carbocycles. The van der Waals surface area contributed by atoms with Gasteiger partial charge in [0.15, 0.2) is 0 Å². The number of carboxylic acid groups (broad SMARTS) is 1. The van der Waals surface area contributed by atoms with Gasteiger partial charge in [-0.15, -0.1) is 0 Å². The second kappa shape index (κ2) is 9.49. The van der Waals surface area contributed by atoms with Crippen molar-refractivity contribution < 1.29 is 29.1 Å². The molecule has 1 aliphatic heterocycles. The molecule has 0 radical (unpaired) electrons. The summed E-state index contributed by atoms with van der Waals surface area (Å²) in [6.07, 6.45) is -0.754. The highest BCUT2D eigenvalue weighted by Gasteiger charge is 2.27. The van der Waals surface area contributed by atoms with Crippen LogP contribution in [0.15, 0.2) is 29.4 Å². The maximum Gasteiger partial charge on any atom is 0.307 e. The Morgan fingerprint density at radius 2 is 2.04 bits per heavy atom. The molecule has 0 fully saturated rings. The standard InChI is InChI=1S/C18H22N4O6/c1-27-17(26)7-12(6-16(24)25)21-15(23)9-13-8-14(22-28-13)10-2-4-11(5-3-10)18(19)20/h2-5,12-13H,6-9H2,1H3,(H3,19,20)(H,21,23)(H,24,25). The highest BCUT2D eigenvalue weighted by molar-refractivity contribution is 6.02. The molecular weight excluding hydrogens is 368 g/mol. The number of carboxylic acids is 1. The van der Waals surface area contributed by atoms with E-state index in [2.05, 4.69) is 15.2 Å². The Bertz CT molecular complexity index is 790. The zero-order valence-corrected chi connectivity index (χ0v) is 15.3. The number of amidine groups is 1. The predicted molar refractivity (Wildman–Crippen MR) is 98.9 cm³/mol. The van der Waals surface area contributed by atoms with Crippen LogP contribution < -0.4 is 11.1 Å². The average molecular weight is 390 g/mol. The van der Waals surface area contributed by atoms with Crippen molar-refractivity contribution in [3.63, 3.8) is 0 Å². The van der Waals surface area contributed by atoms with Gasteiger partial charge < -0.3 is 25.7 Å². The van der Waals surface area contributed by atoms with Crippen molar-refractivity contribution in [1.82, 2.24) is 5.32 Å². The molecule has 5 N–H and O–H groups in total. The molecular formula is C18H22N4O6. The van der Waals surface area contributed by atoms with Gasteiger partial charge in [-0.1, -0.05) is 29.4 Å². The third kappa shape index (κ3) is 6.08. The normalized spacial score (nSPS) is 16.5. The first kappa shape index (κ1) is 20.9. The van der Waals surface area contributed by atoms with Crippen molar-refractivity contribution in [2.45, 2.75) is 37.8 Å². The number of oxime groups is 1. The van der Waals surface area contributed by atoms with Crippen LogP contribution in [0, 0.1) is 5.41 Å². The number of esters is 1. The number of amides is 1. The molecule has 10 heteroatoms. The van der Waals surface area contributed by atoms with E-state index in [0.717, 1.165) is 5.56 Å². The summed E-state index contributed by atoms with van der Waals surface area (Å²) in [5.74, 6) is -2.22. The summed E-state index contributed by atoms with van der Waals surface area (Å²) >= 11 is 0. The van der Waals surface area contributed by atoms with E-state index in [1.165, 1.54) is 7.11 Å². The second-order valence-corrected chi connectivity index (χ2v) is 6.31. The number of nitrogen functional groups attached to an aromatic ring is 1. The number of methoxy groups -OCH3 is 1. The minimum absolute atomic E-state index is 0.0319. The Morgan fingerprint density at radius 3 is 2.61 bits per heavy atom. The number of nitrogens with two attached hydrogens (primary N) is 1. The Morgan fingerprint density at radius 1 is 1.36 bits per heavy atom. The Hall–Kier alpha value is -3.43. The van der Waals surface area contributed by atoms with Gasteiger partial charge in [0.25, 0.3) is 0 Å². The van der Waals surface area contributed by atoms with Crippen LogP contribution in [0.1, 0.15) is 36.8 Å². The first-order valence-corrected chi connectivity index (χ1v) is 8.54. The number of hydrogen-bond acceptors (Lipinski definition) is 7. The van der Waals surface area contributed by atoms with Gasteiger partial charge in [-0.25, -0.2) is 0 Å². The summed E-state index contributed by atoms with van der Waals surface area (Å²) in [7, 11) is 1.19. The van der Waals surface area contributed by atoms with E-state index in [1.807, 2.05) is 0 Å². The molecule has 150 valence electrons. The lowest BCUT2D eigenvalue weighted by Crippen LogP contribution is -2.39. The summed E-state index contributed by atoms with van der Waals surface area (Å²) in [5.41, 5.74) is 7.46. The van der Waals surface area contributed by atoms with Crippen LogP contribution in [0.4, 0.5) is 0 Å². The highest BCUT2D eigenvalue weighted by atomic mass is 16.6. The number of rotatable bonds is 9. The molecule has 0 aromatic heterocycles. The average Bonchev–Trinajstić information content (AvgIpc) is 3.09. The SMILES string of the molecule is COC(=O)CC(CC(=O)O)NC(=O)CC1CC(c2ccc(C(=N)N)cc2)=NO1. The summed E-state index contributed by atoms with van der Waals surface area (Å²) in [5, 5.41) is 22.8. The van der Waals surface area contributed by atoms with Gasteiger partial charge in [0.05, 0.1) is 32.1 Å². The zero-order valence-electron chi connectivity index (χ0n) is 15.3. The number of carbonyl (C=O) groups excluding carboxylic acids is 2. The number of benzene rings is 1. The van der Waals surface area contributed by atoms with Gasteiger partial charge in [-0.05, 0) is 5.56 Å². The maximum atomic E-state index is 12.2. The Balaban J connectivity index is 1.88. The van der Waals surface area contributed by atoms with Crippen LogP contribution in [-0.4, -0.2) is 53.8 Å². The van der Waals surface area contributed by atoms with E-state index in [0.29, 0.717) is 17.7 Å². The molecule has 2 atom stereocenters. The number of carbonyl (C=O) groups is 3. The lowest BCUT2D eigenvalue weighted by molar-refractivity contribution is -0.142. The smallest absolute Gasteiger partial charge is 0.307 e. The summed E-state index contributed by atoms with van der Waals surface area (Å²) in [6, 6.07) is 6.06. The predicted octanol–water partition coefficient (Wildman–Crippen LogP) is 0.376.